The molecule has 0 unspecified atom stereocenters. The maximum Gasteiger partial charge on any atom is 0.118 e. The molecule has 3 nitrogen and oxygen atoms in total. The lowest BCUT2D eigenvalue weighted by atomic mass is 10.0. The van der Waals surface area contributed by atoms with Gasteiger partial charge in [-0.15, -0.1) is 22.7 Å². The third-order valence-electron chi connectivity index (χ3n) is 4.88. The van der Waals surface area contributed by atoms with Crippen LogP contribution in [-0.4, -0.2) is 11.1 Å². The third-order valence-corrected chi connectivity index (χ3v) is 7.62. The largest absolute Gasteiger partial charge is 0.497 e. The van der Waals surface area contributed by atoms with E-state index in [0.29, 0.717) is 0 Å². The van der Waals surface area contributed by atoms with Crippen molar-refractivity contribution in [1.82, 2.24) is 3.97 Å². The Hall–Kier alpha value is -2.98. The molecule has 5 aromatic rings. The minimum Gasteiger partial charge on any atom is -0.497 e. The monoisotopic (exact) mass is 444 g/mol. The minimum absolute atomic E-state index is 0.741. The zero-order chi connectivity index (χ0) is 20.5. The van der Waals surface area contributed by atoms with Gasteiger partial charge in [-0.25, -0.2) is 0 Å². The second-order valence-electron chi connectivity index (χ2n) is 6.55. The van der Waals surface area contributed by atoms with E-state index in [1.54, 1.807) is 30.4 Å². The smallest absolute Gasteiger partial charge is 0.118 e. The molecule has 0 aliphatic rings. The van der Waals surface area contributed by atoms with E-state index >= 15 is 0 Å². The van der Waals surface area contributed by atoms with E-state index < -0.39 is 0 Å². The van der Waals surface area contributed by atoms with Crippen molar-refractivity contribution in [3.8, 4) is 33.5 Å². The van der Waals surface area contributed by atoms with Gasteiger partial charge in [-0.2, -0.15) is 5.26 Å². The Morgan fingerprint density at radius 2 is 1.77 bits per heavy atom. The van der Waals surface area contributed by atoms with Crippen LogP contribution in [0.5, 0.6) is 5.75 Å². The number of hydrogen-bond acceptors (Lipinski definition) is 5. The number of rotatable bonds is 5. The molecule has 0 saturated carbocycles. The van der Waals surface area contributed by atoms with Crippen molar-refractivity contribution < 1.29 is 4.74 Å². The second-order valence-corrected chi connectivity index (χ2v) is 9.44. The zero-order valence-electron chi connectivity index (χ0n) is 16.0. The van der Waals surface area contributed by atoms with Gasteiger partial charge < -0.3 is 4.74 Å². The number of hydrogen-bond donors (Lipinski definition) is 0. The maximum atomic E-state index is 9.69. The topological polar surface area (TPSA) is 38.0 Å². The highest BCUT2D eigenvalue weighted by Gasteiger charge is 2.23. The molecular formula is C24H16N2OS3. The summed E-state index contributed by atoms with van der Waals surface area (Å²) in [5, 5.41) is 14.9. The third kappa shape index (κ3) is 3.21. The van der Waals surface area contributed by atoms with Gasteiger partial charge in [0, 0.05) is 21.4 Å². The second kappa shape index (κ2) is 8.04. The molecule has 0 aliphatic heterocycles. The lowest BCUT2D eigenvalue weighted by Crippen LogP contribution is -1.91. The Bertz CT molecular complexity index is 1360. The number of thiophene rings is 2. The van der Waals surface area contributed by atoms with Gasteiger partial charge in [-0.05, 0) is 65.2 Å². The van der Waals surface area contributed by atoms with Crippen molar-refractivity contribution in [3.63, 3.8) is 0 Å². The summed E-state index contributed by atoms with van der Waals surface area (Å²) in [6, 6.07) is 25.2. The van der Waals surface area contributed by atoms with Crippen LogP contribution in [0.2, 0.25) is 0 Å². The fraction of sp³-hybridized carbons (Fsp3) is 0.0417. The first kappa shape index (κ1) is 19.0. The highest BCUT2D eigenvalue weighted by molar-refractivity contribution is 7.98. The Balaban J connectivity index is 1.79. The Morgan fingerprint density at radius 1 is 0.933 bits per heavy atom. The molecular weight excluding hydrogens is 428 g/mol. The number of para-hydroxylation sites is 1. The minimum atomic E-state index is 0.741. The number of nitrogens with zero attached hydrogens (tertiary/aromatic N) is 2. The molecule has 0 aliphatic carbocycles. The van der Waals surface area contributed by atoms with Gasteiger partial charge in [-0.1, -0.05) is 24.3 Å². The molecule has 0 N–H and O–H groups in total. The average molecular weight is 445 g/mol. The summed E-state index contributed by atoms with van der Waals surface area (Å²) >= 11 is 4.88. The van der Waals surface area contributed by atoms with E-state index in [1.165, 1.54) is 16.2 Å². The van der Waals surface area contributed by atoms with Crippen LogP contribution in [0.1, 0.15) is 4.88 Å². The van der Waals surface area contributed by atoms with E-state index in [4.69, 9.17) is 4.74 Å². The lowest BCUT2D eigenvalue weighted by molar-refractivity contribution is 0.414. The fourth-order valence-corrected chi connectivity index (χ4v) is 6.07. The molecule has 5 rings (SSSR count). The van der Waals surface area contributed by atoms with Crippen LogP contribution in [0, 0.1) is 11.3 Å². The predicted octanol–water partition coefficient (Wildman–Crippen LogP) is 7.53. The van der Waals surface area contributed by atoms with E-state index in [1.807, 2.05) is 17.5 Å². The molecule has 0 spiro atoms. The Morgan fingerprint density at radius 3 is 2.50 bits per heavy atom. The number of methoxy groups -OCH3 is 1. The van der Waals surface area contributed by atoms with Crippen molar-refractivity contribution in [2.45, 2.75) is 4.90 Å². The SMILES string of the molecule is COc1ccc(Sn2c(-c3cccs3)c(-c3ccsc3C#N)c3ccccc32)cc1. The lowest BCUT2D eigenvalue weighted by Gasteiger charge is -2.11. The van der Waals surface area contributed by atoms with E-state index in [-0.39, 0.29) is 0 Å². The molecule has 3 aromatic heterocycles. The van der Waals surface area contributed by atoms with Gasteiger partial charge in [-0.3, -0.25) is 3.97 Å². The fourth-order valence-electron chi connectivity index (χ4n) is 3.55. The summed E-state index contributed by atoms with van der Waals surface area (Å²) in [7, 11) is 1.68. The van der Waals surface area contributed by atoms with Gasteiger partial charge >= 0.3 is 0 Å². The van der Waals surface area contributed by atoms with E-state index in [2.05, 4.69) is 70.0 Å². The Kier molecular flexibility index (Phi) is 5.09. The normalized spacial score (nSPS) is 10.9. The van der Waals surface area contributed by atoms with Crippen LogP contribution in [0.15, 0.2) is 82.4 Å². The van der Waals surface area contributed by atoms with E-state index in [0.717, 1.165) is 43.2 Å². The zero-order valence-corrected chi connectivity index (χ0v) is 18.5. The molecule has 3 heterocycles. The highest BCUT2D eigenvalue weighted by Crippen LogP contribution is 2.47. The first-order valence-corrected chi connectivity index (χ1v) is 11.8. The van der Waals surface area contributed by atoms with Crippen LogP contribution in [0.3, 0.4) is 0 Å². The van der Waals surface area contributed by atoms with Crippen LogP contribution < -0.4 is 4.74 Å². The Labute approximate surface area is 186 Å². The van der Waals surface area contributed by atoms with Crippen molar-refractivity contribution in [2.24, 2.45) is 0 Å². The summed E-state index contributed by atoms with van der Waals surface area (Å²) in [6.45, 7) is 0. The molecule has 0 atom stereocenters. The molecule has 0 bridgehead atoms. The summed E-state index contributed by atoms with van der Waals surface area (Å²) in [5.74, 6) is 0.841. The highest BCUT2D eigenvalue weighted by atomic mass is 32.2. The molecule has 0 amide bonds. The molecule has 146 valence electrons. The van der Waals surface area contributed by atoms with Gasteiger partial charge in [0.15, 0.2) is 0 Å². The van der Waals surface area contributed by atoms with Gasteiger partial charge in [0.05, 0.1) is 23.2 Å². The number of nitriles is 1. The number of benzene rings is 2. The predicted molar refractivity (Wildman–Crippen MR) is 128 cm³/mol. The first-order valence-electron chi connectivity index (χ1n) is 9.28. The van der Waals surface area contributed by atoms with Crippen molar-refractivity contribution in [3.05, 3.63) is 82.4 Å². The van der Waals surface area contributed by atoms with Crippen LogP contribution in [0.25, 0.3) is 32.6 Å². The van der Waals surface area contributed by atoms with Crippen LogP contribution in [0.4, 0.5) is 0 Å². The quantitative estimate of drug-likeness (QED) is 0.281. The summed E-state index contributed by atoms with van der Waals surface area (Å²) in [6.07, 6.45) is 0. The number of ether oxygens (including phenoxy) is 1. The van der Waals surface area contributed by atoms with Crippen molar-refractivity contribution in [2.75, 3.05) is 7.11 Å². The molecule has 0 radical (unpaired) electrons. The maximum absolute atomic E-state index is 9.69. The molecule has 30 heavy (non-hydrogen) atoms. The van der Waals surface area contributed by atoms with Crippen LogP contribution >= 0.6 is 34.6 Å². The van der Waals surface area contributed by atoms with E-state index in [9.17, 15) is 5.26 Å². The van der Waals surface area contributed by atoms with Crippen molar-refractivity contribution in [1.29, 1.82) is 5.26 Å². The summed E-state index contributed by atoms with van der Waals surface area (Å²) in [4.78, 5) is 3.04. The summed E-state index contributed by atoms with van der Waals surface area (Å²) < 4.78 is 7.60. The van der Waals surface area contributed by atoms with Gasteiger partial charge in [0.1, 0.15) is 16.7 Å². The van der Waals surface area contributed by atoms with Crippen molar-refractivity contribution >= 4 is 45.5 Å². The first-order chi connectivity index (χ1) is 14.8. The molecule has 6 heteroatoms. The number of aromatic nitrogens is 1. The van der Waals surface area contributed by atoms with Gasteiger partial charge in [0.2, 0.25) is 0 Å². The molecule has 0 fully saturated rings. The van der Waals surface area contributed by atoms with Gasteiger partial charge in [0.25, 0.3) is 0 Å². The standard InChI is InChI=1S/C24H16N2OS3/c1-27-16-8-10-17(11-9-16)30-26-20-6-3-2-5-18(20)23(19-12-14-29-22(19)15-25)24(26)21-7-4-13-28-21/h2-14H,1H3. The molecule has 2 aromatic carbocycles. The average Bonchev–Trinajstić information content (AvgIpc) is 3.53. The summed E-state index contributed by atoms with van der Waals surface area (Å²) in [5.41, 5.74) is 4.37. The molecule has 0 saturated heterocycles. The van der Waals surface area contributed by atoms with Crippen LogP contribution in [-0.2, 0) is 0 Å². The number of fused-ring (bicyclic) bond motifs is 1.